The summed E-state index contributed by atoms with van der Waals surface area (Å²) in [6.07, 6.45) is 0. The van der Waals surface area contributed by atoms with Crippen LogP contribution < -0.4 is 15.4 Å². The molecule has 6 heteroatoms. The van der Waals surface area contributed by atoms with Crippen LogP contribution >= 0.6 is 0 Å². The standard InChI is InChI=1S/C20H26N2O4/c1-3-25-15-17-6-4-16(5-7-17)14-21-20(23)22-18-8-10-19(11-9-18)26-13-12-24-2/h4-11H,3,12-15H2,1-2H3,(H2,21,22,23). The summed E-state index contributed by atoms with van der Waals surface area (Å²) in [5, 5.41) is 5.63. The van der Waals surface area contributed by atoms with E-state index >= 15 is 0 Å². The molecule has 0 fully saturated rings. The van der Waals surface area contributed by atoms with Crippen LogP contribution in [0.3, 0.4) is 0 Å². The molecule has 0 aromatic heterocycles. The highest BCUT2D eigenvalue weighted by atomic mass is 16.5. The van der Waals surface area contributed by atoms with E-state index in [1.807, 2.05) is 43.3 Å². The Balaban J connectivity index is 1.74. The molecule has 0 heterocycles. The number of methoxy groups -OCH3 is 1. The van der Waals surface area contributed by atoms with E-state index in [-0.39, 0.29) is 6.03 Å². The zero-order valence-electron chi connectivity index (χ0n) is 15.3. The fraction of sp³-hybridized carbons (Fsp3) is 0.350. The Morgan fingerprint density at radius 1 is 0.962 bits per heavy atom. The fourth-order valence-corrected chi connectivity index (χ4v) is 2.21. The van der Waals surface area contributed by atoms with E-state index in [0.29, 0.717) is 38.7 Å². The zero-order valence-corrected chi connectivity index (χ0v) is 15.3. The largest absolute Gasteiger partial charge is 0.491 e. The summed E-state index contributed by atoms with van der Waals surface area (Å²) in [5.74, 6) is 0.736. The molecule has 2 rings (SSSR count). The summed E-state index contributed by atoms with van der Waals surface area (Å²) >= 11 is 0. The van der Waals surface area contributed by atoms with Gasteiger partial charge in [-0.05, 0) is 42.3 Å². The molecule has 2 aromatic rings. The van der Waals surface area contributed by atoms with Crippen molar-refractivity contribution < 1.29 is 19.0 Å². The minimum Gasteiger partial charge on any atom is -0.491 e. The number of anilines is 1. The molecule has 0 unspecified atom stereocenters. The van der Waals surface area contributed by atoms with Crippen molar-refractivity contribution in [1.82, 2.24) is 5.32 Å². The van der Waals surface area contributed by atoms with E-state index in [0.717, 1.165) is 16.9 Å². The maximum atomic E-state index is 12.0. The summed E-state index contributed by atoms with van der Waals surface area (Å²) < 4.78 is 15.8. The van der Waals surface area contributed by atoms with Crippen molar-refractivity contribution in [2.75, 3.05) is 32.2 Å². The lowest BCUT2D eigenvalue weighted by Gasteiger charge is -2.10. The van der Waals surface area contributed by atoms with Gasteiger partial charge in [-0.1, -0.05) is 24.3 Å². The van der Waals surface area contributed by atoms with Crippen molar-refractivity contribution in [1.29, 1.82) is 0 Å². The normalized spacial score (nSPS) is 10.4. The third-order valence-corrected chi connectivity index (χ3v) is 3.62. The van der Waals surface area contributed by atoms with Crippen LogP contribution in [0.4, 0.5) is 10.5 Å². The van der Waals surface area contributed by atoms with Crippen molar-refractivity contribution >= 4 is 11.7 Å². The number of nitrogens with one attached hydrogen (secondary N) is 2. The third-order valence-electron chi connectivity index (χ3n) is 3.62. The van der Waals surface area contributed by atoms with Crippen LogP contribution in [0.15, 0.2) is 48.5 Å². The number of carbonyl (C=O) groups is 1. The predicted octanol–water partition coefficient (Wildman–Crippen LogP) is 3.57. The lowest BCUT2D eigenvalue weighted by atomic mass is 10.1. The number of benzene rings is 2. The Labute approximate surface area is 154 Å². The summed E-state index contributed by atoms with van der Waals surface area (Å²) in [7, 11) is 1.63. The van der Waals surface area contributed by atoms with Gasteiger partial charge in [0.1, 0.15) is 12.4 Å². The quantitative estimate of drug-likeness (QED) is 0.637. The molecule has 0 bridgehead atoms. The van der Waals surface area contributed by atoms with E-state index in [4.69, 9.17) is 14.2 Å². The number of hydrogen-bond donors (Lipinski definition) is 2. The van der Waals surface area contributed by atoms with Crippen molar-refractivity contribution in [2.24, 2.45) is 0 Å². The van der Waals surface area contributed by atoms with E-state index < -0.39 is 0 Å². The molecular weight excluding hydrogens is 332 g/mol. The van der Waals surface area contributed by atoms with Crippen LogP contribution in [-0.4, -0.2) is 33.0 Å². The second-order valence-corrected chi connectivity index (χ2v) is 5.63. The highest BCUT2D eigenvalue weighted by Crippen LogP contribution is 2.15. The molecule has 2 N–H and O–H groups in total. The molecule has 6 nitrogen and oxygen atoms in total. The molecule has 140 valence electrons. The number of hydrogen-bond acceptors (Lipinski definition) is 4. The minimum atomic E-state index is -0.253. The molecule has 0 spiro atoms. The van der Waals surface area contributed by atoms with E-state index in [2.05, 4.69) is 10.6 Å². The Morgan fingerprint density at radius 2 is 1.65 bits per heavy atom. The molecule has 0 atom stereocenters. The molecule has 0 saturated heterocycles. The monoisotopic (exact) mass is 358 g/mol. The Kier molecular flexibility index (Phi) is 8.45. The average molecular weight is 358 g/mol. The molecule has 0 radical (unpaired) electrons. The average Bonchev–Trinajstić information content (AvgIpc) is 2.67. The summed E-state index contributed by atoms with van der Waals surface area (Å²) in [4.78, 5) is 12.0. The van der Waals surface area contributed by atoms with Gasteiger partial charge in [0.05, 0.1) is 13.2 Å². The van der Waals surface area contributed by atoms with Crippen LogP contribution in [0, 0.1) is 0 Å². The van der Waals surface area contributed by atoms with Crippen molar-refractivity contribution in [3.8, 4) is 5.75 Å². The first-order valence-electron chi connectivity index (χ1n) is 8.63. The third kappa shape index (κ3) is 7.13. The SMILES string of the molecule is CCOCc1ccc(CNC(=O)Nc2ccc(OCCOC)cc2)cc1. The molecule has 0 saturated carbocycles. The minimum absolute atomic E-state index is 0.253. The second-order valence-electron chi connectivity index (χ2n) is 5.63. The second kappa shape index (κ2) is 11.1. The molecular formula is C20H26N2O4. The van der Waals surface area contributed by atoms with Gasteiger partial charge < -0.3 is 24.8 Å². The Bertz CT molecular complexity index is 657. The number of urea groups is 1. The van der Waals surface area contributed by atoms with Gasteiger partial charge >= 0.3 is 6.03 Å². The Morgan fingerprint density at radius 3 is 2.31 bits per heavy atom. The maximum absolute atomic E-state index is 12.0. The van der Waals surface area contributed by atoms with Crippen LogP contribution in [0.25, 0.3) is 0 Å². The maximum Gasteiger partial charge on any atom is 0.319 e. The van der Waals surface area contributed by atoms with Gasteiger partial charge in [0, 0.05) is 25.9 Å². The predicted molar refractivity (Wildman–Crippen MR) is 101 cm³/mol. The lowest BCUT2D eigenvalue weighted by Crippen LogP contribution is -2.28. The first kappa shape index (κ1) is 19.8. The van der Waals surface area contributed by atoms with Gasteiger partial charge in [-0.25, -0.2) is 4.79 Å². The summed E-state index contributed by atoms with van der Waals surface area (Å²) in [5.41, 5.74) is 2.85. The lowest BCUT2D eigenvalue weighted by molar-refractivity contribution is 0.134. The van der Waals surface area contributed by atoms with Crippen molar-refractivity contribution in [3.05, 3.63) is 59.7 Å². The topological polar surface area (TPSA) is 68.8 Å². The van der Waals surface area contributed by atoms with Crippen LogP contribution in [0.5, 0.6) is 5.75 Å². The van der Waals surface area contributed by atoms with Gasteiger partial charge in [-0.15, -0.1) is 0 Å². The fourth-order valence-electron chi connectivity index (χ4n) is 2.21. The Hall–Kier alpha value is -2.57. The number of carbonyl (C=O) groups excluding carboxylic acids is 1. The molecule has 26 heavy (non-hydrogen) atoms. The van der Waals surface area contributed by atoms with Crippen molar-refractivity contribution in [2.45, 2.75) is 20.1 Å². The van der Waals surface area contributed by atoms with Gasteiger partial charge in [-0.3, -0.25) is 0 Å². The van der Waals surface area contributed by atoms with Crippen molar-refractivity contribution in [3.63, 3.8) is 0 Å². The number of rotatable bonds is 10. The molecule has 0 aliphatic carbocycles. The molecule has 2 aromatic carbocycles. The van der Waals surface area contributed by atoms with Crippen LogP contribution in [0.1, 0.15) is 18.1 Å². The van der Waals surface area contributed by atoms with Crippen LogP contribution in [-0.2, 0) is 22.6 Å². The first-order valence-corrected chi connectivity index (χ1v) is 8.63. The van der Waals surface area contributed by atoms with Gasteiger partial charge in [0.2, 0.25) is 0 Å². The molecule has 0 aliphatic rings. The number of ether oxygens (including phenoxy) is 3. The zero-order chi connectivity index (χ0) is 18.6. The molecule has 2 amide bonds. The van der Waals surface area contributed by atoms with Gasteiger partial charge in [0.25, 0.3) is 0 Å². The number of amides is 2. The smallest absolute Gasteiger partial charge is 0.319 e. The molecule has 0 aliphatic heterocycles. The van der Waals surface area contributed by atoms with Gasteiger partial charge in [0.15, 0.2) is 0 Å². The first-order chi connectivity index (χ1) is 12.7. The van der Waals surface area contributed by atoms with E-state index in [1.54, 1.807) is 19.2 Å². The summed E-state index contributed by atoms with van der Waals surface area (Å²) in [6.45, 7) is 4.76. The highest BCUT2D eigenvalue weighted by Gasteiger charge is 2.03. The van der Waals surface area contributed by atoms with E-state index in [1.165, 1.54) is 0 Å². The van der Waals surface area contributed by atoms with Gasteiger partial charge in [-0.2, -0.15) is 0 Å². The summed E-state index contributed by atoms with van der Waals surface area (Å²) in [6, 6.07) is 14.9. The van der Waals surface area contributed by atoms with Crippen LogP contribution in [0.2, 0.25) is 0 Å². The highest BCUT2D eigenvalue weighted by molar-refractivity contribution is 5.89. The van der Waals surface area contributed by atoms with E-state index in [9.17, 15) is 4.79 Å².